The Morgan fingerprint density at radius 3 is 2.66 bits per heavy atom. The predicted molar refractivity (Wildman–Crippen MR) is 119 cm³/mol. The molecule has 150 valence electrons. The summed E-state index contributed by atoms with van der Waals surface area (Å²) < 4.78 is 11.6. The molecule has 2 amide bonds. The van der Waals surface area contributed by atoms with Crippen molar-refractivity contribution in [2.24, 2.45) is 4.99 Å². The summed E-state index contributed by atoms with van der Waals surface area (Å²) in [6, 6.07) is 9.93. The first-order chi connectivity index (χ1) is 13.9. The van der Waals surface area contributed by atoms with E-state index >= 15 is 0 Å². The molecule has 2 aromatic rings. The van der Waals surface area contributed by atoms with E-state index < -0.39 is 5.91 Å². The molecule has 0 unspecified atom stereocenters. The highest BCUT2D eigenvalue weighted by atomic mass is 79.9. The molecule has 29 heavy (non-hydrogen) atoms. The van der Waals surface area contributed by atoms with Gasteiger partial charge in [0.1, 0.15) is 0 Å². The van der Waals surface area contributed by atoms with Crippen molar-refractivity contribution in [1.29, 1.82) is 0 Å². The van der Waals surface area contributed by atoms with E-state index in [4.69, 9.17) is 21.1 Å². The van der Waals surface area contributed by atoms with Crippen molar-refractivity contribution in [2.75, 3.05) is 13.7 Å². The summed E-state index contributed by atoms with van der Waals surface area (Å²) in [7, 11) is 1.55. The SMILES string of the molecule is CCOc1cc(Br)c(/C=C2\SC(=NC(=O)c3ccc(Cl)cc3)NC2=O)cc1OC. The van der Waals surface area contributed by atoms with Gasteiger partial charge in [0.2, 0.25) is 0 Å². The molecule has 0 aliphatic carbocycles. The van der Waals surface area contributed by atoms with Crippen LogP contribution < -0.4 is 14.8 Å². The van der Waals surface area contributed by atoms with Gasteiger partial charge in [-0.2, -0.15) is 4.99 Å². The Morgan fingerprint density at radius 1 is 1.28 bits per heavy atom. The molecule has 1 saturated heterocycles. The van der Waals surface area contributed by atoms with Crippen LogP contribution in [0.15, 0.2) is 50.8 Å². The number of aliphatic imine (C=N–C) groups is 1. The minimum Gasteiger partial charge on any atom is -0.493 e. The van der Waals surface area contributed by atoms with Gasteiger partial charge in [-0.15, -0.1) is 0 Å². The van der Waals surface area contributed by atoms with Gasteiger partial charge in [-0.05, 0) is 66.7 Å². The van der Waals surface area contributed by atoms with Crippen LogP contribution in [0.1, 0.15) is 22.8 Å². The minimum absolute atomic E-state index is 0.218. The van der Waals surface area contributed by atoms with E-state index in [1.165, 1.54) is 0 Å². The molecule has 0 spiro atoms. The van der Waals surface area contributed by atoms with Gasteiger partial charge in [-0.25, -0.2) is 0 Å². The molecule has 2 aromatic carbocycles. The molecule has 6 nitrogen and oxygen atoms in total. The number of nitrogens with zero attached hydrogens (tertiary/aromatic N) is 1. The highest BCUT2D eigenvalue weighted by Gasteiger charge is 2.25. The number of carbonyl (C=O) groups is 2. The lowest BCUT2D eigenvalue weighted by Crippen LogP contribution is -2.20. The smallest absolute Gasteiger partial charge is 0.279 e. The van der Waals surface area contributed by atoms with Gasteiger partial charge in [-0.3, -0.25) is 9.59 Å². The molecule has 0 radical (unpaired) electrons. The topological polar surface area (TPSA) is 77.0 Å². The van der Waals surface area contributed by atoms with Crippen molar-refractivity contribution in [3.63, 3.8) is 0 Å². The van der Waals surface area contributed by atoms with E-state index in [1.54, 1.807) is 49.6 Å². The Labute approximate surface area is 185 Å². The highest BCUT2D eigenvalue weighted by molar-refractivity contribution is 9.10. The Kier molecular flexibility index (Phi) is 7.00. The van der Waals surface area contributed by atoms with Crippen molar-refractivity contribution in [1.82, 2.24) is 5.32 Å². The van der Waals surface area contributed by atoms with E-state index in [-0.39, 0.29) is 11.1 Å². The maximum Gasteiger partial charge on any atom is 0.279 e. The Bertz CT molecular complexity index is 1020. The van der Waals surface area contributed by atoms with Crippen LogP contribution in [0.3, 0.4) is 0 Å². The van der Waals surface area contributed by atoms with Gasteiger partial charge in [0.25, 0.3) is 11.8 Å². The summed E-state index contributed by atoms with van der Waals surface area (Å²) in [6.45, 7) is 2.39. The first kappa shape index (κ1) is 21.4. The van der Waals surface area contributed by atoms with E-state index in [0.717, 1.165) is 21.8 Å². The zero-order valence-corrected chi connectivity index (χ0v) is 18.7. The Hall–Kier alpha value is -2.29. The Balaban J connectivity index is 1.84. The van der Waals surface area contributed by atoms with Crippen molar-refractivity contribution < 1.29 is 19.1 Å². The molecule has 0 aromatic heterocycles. The quantitative estimate of drug-likeness (QED) is 0.597. The number of amides is 2. The monoisotopic (exact) mass is 494 g/mol. The number of amidine groups is 1. The van der Waals surface area contributed by atoms with E-state index in [1.807, 2.05) is 6.92 Å². The second-order valence-corrected chi connectivity index (χ2v) is 8.07. The second kappa shape index (κ2) is 9.47. The lowest BCUT2D eigenvalue weighted by molar-refractivity contribution is -0.115. The molecular formula is C20H16BrClN2O4S. The molecule has 3 rings (SSSR count). The fraction of sp³-hybridized carbons (Fsp3) is 0.150. The minimum atomic E-state index is -0.463. The number of benzene rings is 2. The number of methoxy groups -OCH3 is 1. The fourth-order valence-corrected chi connectivity index (χ4v) is 3.83. The maximum atomic E-state index is 12.3. The molecule has 1 heterocycles. The number of rotatable bonds is 5. The van der Waals surface area contributed by atoms with Crippen molar-refractivity contribution >= 4 is 62.4 Å². The first-order valence-corrected chi connectivity index (χ1v) is 10.5. The number of carbonyl (C=O) groups excluding carboxylic acids is 2. The zero-order valence-electron chi connectivity index (χ0n) is 15.5. The maximum absolute atomic E-state index is 12.3. The number of ether oxygens (including phenoxy) is 2. The van der Waals surface area contributed by atoms with Crippen LogP contribution in [-0.2, 0) is 4.79 Å². The van der Waals surface area contributed by atoms with Crippen LogP contribution in [0, 0.1) is 0 Å². The van der Waals surface area contributed by atoms with Crippen LogP contribution in [0.25, 0.3) is 6.08 Å². The molecule has 0 bridgehead atoms. The predicted octanol–water partition coefficient (Wildman–Crippen LogP) is 4.91. The average molecular weight is 496 g/mol. The summed E-state index contributed by atoms with van der Waals surface area (Å²) in [5.41, 5.74) is 1.11. The summed E-state index contributed by atoms with van der Waals surface area (Å²) >= 11 is 10.4. The zero-order chi connectivity index (χ0) is 21.0. The Morgan fingerprint density at radius 2 is 2.00 bits per heavy atom. The molecule has 0 saturated carbocycles. The van der Waals surface area contributed by atoms with Crippen LogP contribution in [-0.4, -0.2) is 30.7 Å². The van der Waals surface area contributed by atoms with E-state index in [0.29, 0.717) is 33.6 Å². The third kappa shape index (κ3) is 5.20. The van der Waals surface area contributed by atoms with Crippen molar-refractivity contribution in [3.05, 3.63) is 61.9 Å². The third-order valence-corrected chi connectivity index (χ3v) is 5.66. The molecule has 0 atom stereocenters. The number of halogens is 2. The van der Waals surface area contributed by atoms with Gasteiger partial charge in [-0.1, -0.05) is 27.5 Å². The molecular weight excluding hydrogens is 480 g/mol. The molecule has 1 fully saturated rings. The van der Waals surface area contributed by atoms with Crippen LogP contribution in [0.2, 0.25) is 5.02 Å². The summed E-state index contributed by atoms with van der Waals surface area (Å²) in [5, 5.41) is 3.35. The number of thioether (sulfide) groups is 1. The van der Waals surface area contributed by atoms with E-state index in [2.05, 4.69) is 26.2 Å². The van der Waals surface area contributed by atoms with Gasteiger partial charge in [0.05, 0.1) is 18.6 Å². The van der Waals surface area contributed by atoms with Crippen LogP contribution in [0.4, 0.5) is 0 Å². The molecule has 1 N–H and O–H groups in total. The second-order valence-electron chi connectivity index (χ2n) is 5.75. The standard InChI is InChI=1S/C20H16BrClN2O4S/c1-3-28-16-10-14(21)12(8-15(16)27-2)9-17-19(26)24-20(29-17)23-18(25)11-4-6-13(22)7-5-11/h4-10H,3H2,1-2H3,(H,23,24,25,26)/b17-9-. The lowest BCUT2D eigenvalue weighted by Gasteiger charge is -2.11. The van der Waals surface area contributed by atoms with Crippen LogP contribution >= 0.6 is 39.3 Å². The fourth-order valence-electron chi connectivity index (χ4n) is 2.46. The largest absolute Gasteiger partial charge is 0.493 e. The average Bonchev–Trinajstić information content (AvgIpc) is 3.03. The number of hydrogen-bond donors (Lipinski definition) is 1. The van der Waals surface area contributed by atoms with Gasteiger partial charge in [0, 0.05) is 15.1 Å². The summed E-state index contributed by atoms with van der Waals surface area (Å²) in [4.78, 5) is 29.0. The molecule has 1 aliphatic heterocycles. The van der Waals surface area contributed by atoms with E-state index in [9.17, 15) is 9.59 Å². The lowest BCUT2D eigenvalue weighted by atomic mass is 10.2. The van der Waals surface area contributed by atoms with Gasteiger partial charge in [0.15, 0.2) is 16.7 Å². The normalized spacial score (nSPS) is 16.2. The van der Waals surface area contributed by atoms with Crippen molar-refractivity contribution in [3.8, 4) is 11.5 Å². The summed E-state index contributed by atoms with van der Waals surface area (Å²) in [5.74, 6) is 0.354. The highest BCUT2D eigenvalue weighted by Crippen LogP contribution is 2.36. The molecule has 1 aliphatic rings. The molecule has 9 heteroatoms. The van der Waals surface area contributed by atoms with Crippen molar-refractivity contribution in [2.45, 2.75) is 6.92 Å². The first-order valence-electron chi connectivity index (χ1n) is 8.51. The third-order valence-electron chi connectivity index (χ3n) is 3.81. The number of nitrogens with one attached hydrogen (secondary N) is 1. The van der Waals surface area contributed by atoms with Crippen LogP contribution in [0.5, 0.6) is 11.5 Å². The summed E-state index contributed by atoms with van der Waals surface area (Å²) in [6.07, 6.45) is 1.69. The number of hydrogen-bond acceptors (Lipinski definition) is 5. The van der Waals surface area contributed by atoms with Gasteiger partial charge < -0.3 is 14.8 Å². The van der Waals surface area contributed by atoms with Gasteiger partial charge >= 0.3 is 0 Å².